The van der Waals surface area contributed by atoms with E-state index in [0.717, 1.165) is 39.3 Å². The van der Waals surface area contributed by atoms with Crippen molar-refractivity contribution < 1.29 is 4.74 Å². The summed E-state index contributed by atoms with van der Waals surface area (Å²) in [6, 6.07) is 2.19. The zero-order valence-corrected chi connectivity index (χ0v) is 9.78. The molecule has 1 fully saturated rings. The van der Waals surface area contributed by atoms with Crippen LogP contribution in [0.15, 0.2) is 0 Å². The van der Waals surface area contributed by atoms with Gasteiger partial charge in [-0.1, -0.05) is 6.92 Å². The van der Waals surface area contributed by atoms with Crippen LogP contribution in [0.4, 0.5) is 0 Å². The number of morpholine rings is 1. The van der Waals surface area contributed by atoms with E-state index in [1.165, 1.54) is 0 Å². The fourth-order valence-electron chi connectivity index (χ4n) is 1.85. The van der Waals surface area contributed by atoms with E-state index >= 15 is 0 Å². The second-order valence-corrected chi connectivity index (χ2v) is 4.06. The average molecular weight is 211 g/mol. The van der Waals surface area contributed by atoms with Gasteiger partial charge in [-0.2, -0.15) is 5.26 Å². The van der Waals surface area contributed by atoms with Crippen LogP contribution in [0.5, 0.6) is 0 Å². The van der Waals surface area contributed by atoms with Gasteiger partial charge in [0.25, 0.3) is 0 Å². The van der Waals surface area contributed by atoms with Gasteiger partial charge in [-0.15, -0.1) is 0 Å². The Labute approximate surface area is 92.4 Å². The molecular weight excluding hydrogens is 190 g/mol. The third-order valence-electron chi connectivity index (χ3n) is 2.79. The molecule has 86 valence electrons. The minimum Gasteiger partial charge on any atom is -0.374 e. The predicted molar refractivity (Wildman–Crippen MR) is 59.6 cm³/mol. The number of hydrogen-bond donors (Lipinski definition) is 0. The molecule has 0 bridgehead atoms. The molecule has 0 aromatic rings. The third kappa shape index (κ3) is 4.61. The molecular formula is C11H21N3O. The van der Waals surface area contributed by atoms with E-state index in [9.17, 15) is 0 Å². The van der Waals surface area contributed by atoms with Crippen LogP contribution in [0.1, 0.15) is 13.3 Å². The van der Waals surface area contributed by atoms with Gasteiger partial charge < -0.3 is 9.64 Å². The van der Waals surface area contributed by atoms with Crippen LogP contribution in [0, 0.1) is 11.3 Å². The first kappa shape index (κ1) is 12.4. The maximum Gasteiger partial charge on any atom is 0.0829 e. The monoisotopic (exact) mass is 211 g/mol. The van der Waals surface area contributed by atoms with Gasteiger partial charge in [0, 0.05) is 32.6 Å². The van der Waals surface area contributed by atoms with Crippen molar-refractivity contribution >= 4 is 0 Å². The molecule has 4 nitrogen and oxygen atoms in total. The van der Waals surface area contributed by atoms with Gasteiger partial charge in [0.05, 0.1) is 18.8 Å². The summed E-state index contributed by atoms with van der Waals surface area (Å²) in [5.41, 5.74) is 0. The van der Waals surface area contributed by atoms with Crippen LogP contribution in [-0.4, -0.2) is 62.3 Å². The quantitative estimate of drug-likeness (QED) is 0.666. The first-order valence-electron chi connectivity index (χ1n) is 5.65. The topological polar surface area (TPSA) is 39.5 Å². The highest BCUT2D eigenvalue weighted by atomic mass is 16.5. The number of nitrogens with zero attached hydrogens (tertiary/aromatic N) is 3. The summed E-state index contributed by atoms with van der Waals surface area (Å²) in [7, 11) is 2.13. The largest absolute Gasteiger partial charge is 0.374 e. The van der Waals surface area contributed by atoms with Crippen LogP contribution in [-0.2, 0) is 4.74 Å². The summed E-state index contributed by atoms with van der Waals surface area (Å²) in [5.74, 6) is 0. The van der Waals surface area contributed by atoms with E-state index < -0.39 is 0 Å². The van der Waals surface area contributed by atoms with Crippen molar-refractivity contribution in [3.8, 4) is 6.07 Å². The summed E-state index contributed by atoms with van der Waals surface area (Å²) >= 11 is 0. The highest BCUT2D eigenvalue weighted by Gasteiger charge is 2.19. The van der Waals surface area contributed by atoms with Crippen LogP contribution >= 0.6 is 0 Å². The Hall–Kier alpha value is -0.630. The van der Waals surface area contributed by atoms with Gasteiger partial charge in [0.2, 0.25) is 0 Å². The SMILES string of the molecule is CCN(CCC#N)CC1CN(C)CCO1. The molecule has 0 spiro atoms. The molecule has 0 aliphatic carbocycles. The maximum atomic E-state index is 8.54. The van der Waals surface area contributed by atoms with Crippen molar-refractivity contribution in [3.05, 3.63) is 0 Å². The molecule has 1 aliphatic rings. The first-order valence-corrected chi connectivity index (χ1v) is 5.65. The zero-order valence-electron chi connectivity index (χ0n) is 9.78. The Morgan fingerprint density at radius 3 is 3.00 bits per heavy atom. The van der Waals surface area contributed by atoms with Crippen LogP contribution < -0.4 is 0 Å². The fourth-order valence-corrected chi connectivity index (χ4v) is 1.85. The molecule has 0 saturated carbocycles. The van der Waals surface area contributed by atoms with Crippen LogP contribution in [0.25, 0.3) is 0 Å². The van der Waals surface area contributed by atoms with E-state index in [0.29, 0.717) is 12.5 Å². The normalized spacial score (nSPS) is 22.9. The van der Waals surface area contributed by atoms with E-state index in [1.807, 2.05) is 0 Å². The molecule has 1 aliphatic heterocycles. The summed E-state index contributed by atoms with van der Waals surface area (Å²) < 4.78 is 5.69. The predicted octanol–water partition coefficient (Wildman–Crippen LogP) is 0.553. The van der Waals surface area contributed by atoms with Gasteiger partial charge in [0.1, 0.15) is 0 Å². The Bertz CT molecular complexity index is 214. The number of hydrogen-bond acceptors (Lipinski definition) is 4. The highest BCUT2D eigenvalue weighted by Crippen LogP contribution is 2.05. The maximum absolute atomic E-state index is 8.54. The molecule has 0 aromatic heterocycles. The molecule has 15 heavy (non-hydrogen) atoms. The van der Waals surface area contributed by atoms with Crippen molar-refractivity contribution in [1.82, 2.24) is 9.80 Å². The molecule has 4 heteroatoms. The van der Waals surface area contributed by atoms with Crippen molar-refractivity contribution in [3.63, 3.8) is 0 Å². The van der Waals surface area contributed by atoms with Crippen LogP contribution in [0.2, 0.25) is 0 Å². The van der Waals surface area contributed by atoms with E-state index in [4.69, 9.17) is 10.00 Å². The number of nitriles is 1. The second kappa shape index (κ2) is 6.78. The lowest BCUT2D eigenvalue weighted by atomic mass is 10.2. The summed E-state index contributed by atoms with van der Waals surface area (Å²) in [6.45, 7) is 7.79. The molecule has 1 saturated heterocycles. The molecule has 1 unspecified atom stereocenters. The standard InChI is InChI=1S/C11H21N3O/c1-3-14(6-4-5-12)10-11-9-13(2)7-8-15-11/h11H,3-4,6-10H2,1-2H3. The fraction of sp³-hybridized carbons (Fsp3) is 0.909. The van der Waals surface area contributed by atoms with E-state index in [-0.39, 0.29) is 0 Å². The second-order valence-electron chi connectivity index (χ2n) is 4.06. The van der Waals surface area contributed by atoms with E-state index in [1.54, 1.807) is 0 Å². The molecule has 1 heterocycles. The molecule has 1 rings (SSSR count). The molecule has 0 aromatic carbocycles. The lowest BCUT2D eigenvalue weighted by molar-refractivity contribution is -0.0347. The molecule has 0 amide bonds. The lowest BCUT2D eigenvalue weighted by Gasteiger charge is -2.33. The molecule has 0 N–H and O–H groups in total. The van der Waals surface area contributed by atoms with Crippen molar-refractivity contribution in [1.29, 1.82) is 5.26 Å². The number of ether oxygens (including phenoxy) is 1. The van der Waals surface area contributed by atoms with Crippen LogP contribution in [0.3, 0.4) is 0 Å². The lowest BCUT2D eigenvalue weighted by Crippen LogP contribution is -2.46. The zero-order chi connectivity index (χ0) is 11.1. The van der Waals surface area contributed by atoms with Crippen molar-refractivity contribution in [2.24, 2.45) is 0 Å². The van der Waals surface area contributed by atoms with Gasteiger partial charge >= 0.3 is 0 Å². The Morgan fingerprint density at radius 2 is 2.40 bits per heavy atom. The smallest absolute Gasteiger partial charge is 0.0829 e. The van der Waals surface area contributed by atoms with Gasteiger partial charge in [-0.05, 0) is 13.6 Å². The summed E-state index contributed by atoms with van der Waals surface area (Å²) in [6.07, 6.45) is 0.915. The summed E-state index contributed by atoms with van der Waals surface area (Å²) in [5, 5.41) is 8.54. The molecule has 0 radical (unpaired) electrons. The summed E-state index contributed by atoms with van der Waals surface area (Å²) in [4.78, 5) is 4.58. The Kier molecular flexibility index (Phi) is 5.62. The molecule has 1 atom stereocenters. The van der Waals surface area contributed by atoms with Gasteiger partial charge in [-0.3, -0.25) is 4.90 Å². The first-order chi connectivity index (χ1) is 7.26. The van der Waals surface area contributed by atoms with Crippen molar-refractivity contribution in [2.45, 2.75) is 19.4 Å². The number of rotatable bonds is 5. The Morgan fingerprint density at radius 1 is 1.60 bits per heavy atom. The Balaban J connectivity index is 2.27. The number of likely N-dealkylation sites (N-methyl/N-ethyl adjacent to an activating group) is 2. The van der Waals surface area contributed by atoms with Crippen molar-refractivity contribution in [2.75, 3.05) is 46.4 Å². The van der Waals surface area contributed by atoms with Gasteiger partial charge in [0.15, 0.2) is 0 Å². The minimum atomic E-state index is 0.308. The minimum absolute atomic E-state index is 0.308. The highest BCUT2D eigenvalue weighted by molar-refractivity contribution is 4.76. The van der Waals surface area contributed by atoms with Gasteiger partial charge in [-0.25, -0.2) is 0 Å². The average Bonchev–Trinajstić information content (AvgIpc) is 2.24. The third-order valence-corrected chi connectivity index (χ3v) is 2.79. The van der Waals surface area contributed by atoms with E-state index in [2.05, 4.69) is 29.8 Å².